The van der Waals surface area contributed by atoms with Gasteiger partial charge in [0.25, 0.3) is 5.91 Å². The molecule has 0 aliphatic rings. The average molecular weight is 357 g/mol. The molecular weight excluding hydrogens is 342 g/mol. The Kier molecular flexibility index (Phi) is 4.80. The summed E-state index contributed by atoms with van der Waals surface area (Å²) < 4.78 is 9.92. The molecule has 0 atom stereocenters. The van der Waals surface area contributed by atoms with Crippen molar-refractivity contribution in [2.24, 2.45) is 0 Å². The van der Waals surface area contributed by atoms with Crippen LogP contribution in [0.15, 0.2) is 46.3 Å². The lowest BCUT2D eigenvalue weighted by Gasteiger charge is -2.07. The molecule has 128 valence electrons. The Balaban J connectivity index is 1.85. The number of anilines is 2. The number of hydrogen-bond donors (Lipinski definition) is 2. The molecule has 0 spiro atoms. The van der Waals surface area contributed by atoms with E-state index in [-0.39, 0.29) is 18.1 Å². The Labute approximate surface area is 147 Å². The number of nitrogens with one attached hydrogen (secondary N) is 1. The van der Waals surface area contributed by atoms with E-state index in [1.54, 1.807) is 25.1 Å². The lowest BCUT2D eigenvalue weighted by molar-refractivity contribution is 0.0526. The maximum Gasteiger partial charge on any atom is 0.338 e. The highest BCUT2D eigenvalue weighted by molar-refractivity contribution is 7.13. The first kappa shape index (κ1) is 16.7. The highest BCUT2D eigenvalue weighted by Gasteiger charge is 2.23. The van der Waals surface area contributed by atoms with Crippen LogP contribution in [0, 0.1) is 0 Å². The van der Waals surface area contributed by atoms with Crippen molar-refractivity contribution in [1.82, 2.24) is 5.16 Å². The molecule has 25 heavy (non-hydrogen) atoms. The SMILES string of the molecule is CCOC(=O)c1cccc(NC(=O)c2c(-c3cccs3)noc2N)c1. The van der Waals surface area contributed by atoms with Gasteiger partial charge in [0.1, 0.15) is 11.3 Å². The summed E-state index contributed by atoms with van der Waals surface area (Å²) in [6.45, 7) is 2.00. The van der Waals surface area contributed by atoms with Crippen LogP contribution in [0.4, 0.5) is 11.6 Å². The number of ether oxygens (including phenoxy) is 1. The number of aromatic nitrogens is 1. The summed E-state index contributed by atoms with van der Waals surface area (Å²) in [5, 5.41) is 8.44. The van der Waals surface area contributed by atoms with Gasteiger partial charge in [-0.15, -0.1) is 11.3 Å². The maximum atomic E-state index is 12.6. The van der Waals surface area contributed by atoms with Gasteiger partial charge >= 0.3 is 5.97 Å². The Hall–Kier alpha value is -3.13. The Morgan fingerprint density at radius 1 is 1.32 bits per heavy atom. The molecule has 0 aliphatic carbocycles. The van der Waals surface area contributed by atoms with Crippen LogP contribution >= 0.6 is 11.3 Å². The minimum atomic E-state index is -0.469. The van der Waals surface area contributed by atoms with Crippen molar-refractivity contribution in [3.8, 4) is 10.6 Å². The number of nitrogens with two attached hydrogens (primary N) is 1. The highest BCUT2D eigenvalue weighted by Crippen LogP contribution is 2.31. The molecule has 0 fully saturated rings. The van der Waals surface area contributed by atoms with E-state index in [9.17, 15) is 9.59 Å². The molecule has 3 N–H and O–H groups in total. The van der Waals surface area contributed by atoms with E-state index in [0.29, 0.717) is 16.9 Å². The Bertz CT molecular complexity index is 903. The zero-order valence-corrected chi connectivity index (χ0v) is 14.1. The van der Waals surface area contributed by atoms with E-state index in [4.69, 9.17) is 15.0 Å². The second-order valence-electron chi connectivity index (χ2n) is 5.00. The molecule has 0 bridgehead atoms. The van der Waals surface area contributed by atoms with Gasteiger partial charge in [0.2, 0.25) is 5.88 Å². The molecule has 2 heterocycles. The van der Waals surface area contributed by atoms with Crippen LogP contribution < -0.4 is 11.1 Å². The molecule has 0 aliphatic heterocycles. The van der Waals surface area contributed by atoms with E-state index in [1.807, 2.05) is 17.5 Å². The number of nitrogens with zero attached hydrogens (tertiary/aromatic N) is 1. The first-order valence-electron chi connectivity index (χ1n) is 7.47. The number of thiophene rings is 1. The third-order valence-corrected chi connectivity index (χ3v) is 4.21. The second-order valence-corrected chi connectivity index (χ2v) is 5.95. The van der Waals surface area contributed by atoms with E-state index in [1.165, 1.54) is 17.4 Å². The molecule has 1 amide bonds. The zero-order chi connectivity index (χ0) is 17.8. The van der Waals surface area contributed by atoms with Gasteiger partial charge in [-0.1, -0.05) is 17.3 Å². The fourth-order valence-electron chi connectivity index (χ4n) is 2.24. The van der Waals surface area contributed by atoms with Crippen LogP contribution in [0.25, 0.3) is 10.6 Å². The molecule has 0 radical (unpaired) electrons. The van der Waals surface area contributed by atoms with Gasteiger partial charge in [0, 0.05) is 5.69 Å². The number of amides is 1. The van der Waals surface area contributed by atoms with E-state index >= 15 is 0 Å². The molecule has 7 nitrogen and oxygen atoms in total. The monoisotopic (exact) mass is 357 g/mol. The van der Waals surface area contributed by atoms with Crippen LogP contribution in [0.1, 0.15) is 27.6 Å². The fraction of sp³-hybridized carbons (Fsp3) is 0.118. The van der Waals surface area contributed by atoms with E-state index in [0.717, 1.165) is 4.88 Å². The lowest BCUT2D eigenvalue weighted by Crippen LogP contribution is -2.14. The molecule has 0 saturated heterocycles. The van der Waals surface area contributed by atoms with Crippen LogP contribution in [-0.2, 0) is 4.74 Å². The minimum Gasteiger partial charge on any atom is -0.462 e. The Morgan fingerprint density at radius 3 is 2.88 bits per heavy atom. The van der Waals surface area contributed by atoms with Gasteiger partial charge in [-0.05, 0) is 36.6 Å². The number of carbonyl (C=O) groups excluding carboxylic acids is 2. The molecule has 1 aromatic carbocycles. The van der Waals surface area contributed by atoms with E-state index in [2.05, 4.69) is 10.5 Å². The maximum absolute atomic E-state index is 12.6. The van der Waals surface area contributed by atoms with Gasteiger partial charge in [0.15, 0.2) is 0 Å². The number of hydrogen-bond acceptors (Lipinski definition) is 7. The fourth-order valence-corrected chi connectivity index (χ4v) is 2.95. The topological polar surface area (TPSA) is 107 Å². The van der Waals surface area contributed by atoms with Crippen LogP contribution in [0.5, 0.6) is 0 Å². The standard InChI is InChI=1S/C17H15N3O4S/c1-2-23-17(22)10-5-3-6-11(9-10)19-16(21)13-14(20-24-15(13)18)12-7-4-8-25-12/h3-9H,2,18H2,1H3,(H,19,21). The van der Waals surface area contributed by atoms with Gasteiger partial charge in [-0.3, -0.25) is 4.79 Å². The summed E-state index contributed by atoms with van der Waals surface area (Å²) in [4.78, 5) is 25.2. The predicted octanol–water partition coefficient (Wildman–Crippen LogP) is 3.41. The quantitative estimate of drug-likeness (QED) is 0.678. The van der Waals surface area contributed by atoms with Gasteiger partial charge in [-0.2, -0.15) is 0 Å². The zero-order valence-electron chi connectivity index (χ0n) is 13.3. The summed E-state index contributed by atoms with van der Waals surface area (Å²) in [7, 11) is 0. The molecule has 3 aromatic rings. The minimum absolute atomic E-state index is 0.0672. The van der Waals surface area contributed by atoms with Gasteiger partial charge in [0.05, 0.1) is 17.0 Å². The lowest BCUT2D eigenvalue weighted by atomic mass is 10.1. The molecule has 8 heteroatoms. The summed E-state index contributed by atoms with van der Waals surface area (Å²) in [6.07, 6.45) is 0. The van der Waals surface area contributed by atoms with Gasteiger partial charge in [-0.25, -0.2) is 4.79 Å². The number of esters is 1. The number of nitrogen functional groups attached to an aromatic ring is 1. The van der Waals surface area contributed by atoms with E-state index < -0.39 is 11.9 Å². The van der Waals surface area contributed by atoms with Crippen LogP contribution in [-0.4, -0.2) is 23.6 Å². The first-order chi connectivity index (χ1) is 12.1. The predicted molar refractivity (Wildman–Crippen MR) is 94.6 cm³/mol. The van der Waals surface area contributed by atoms with Crippen molar-refractivity contribution in [2.75, 3.05) is 17.7 Å². The summed E-state index contributed by atoms with van der Waals surface area (Å²) in [5.41, 5.74) is 7.08. The second kappa shape index (κ2) is 7.18. The van der Waals surface area contributed by atoms with Crippen molar-refractivity contribution >= 4 is 34.8 Å². The molecular formula is C17H15N3O4S. The van der Waals surface area contributed by atoms with Crippen LogP contribution in [0.3, 0.4) is 0 Å². The average Bonchev–Trinajstić information content (AvgIpc) is 3.24. The summed E-state index contributed by atoms with van der Waals surface area (Å²) in [6, 6.07) is 10.1. The van der Waals surface area contributed by atoms with Gasteiger partial charge < -0.3 is 20.3 Å². The molecule has 0 saturated carbocycles. The van der Waals surface area contributed by atoms with Crippen molar-refractivity contribution < 1.29 is 18.8 Å². The first-order valence-corrected chi connectivity index (χ1v) is 8.35. The smallest absolute Gasteiger partial charge is 0.338 e. The normalized spacial score (nSPS) is 10.4. The molecule has 2 aromatic heterocycles. The van der Waals surface area contributed by atoms with Crippen molar-refractivity contribution in [3.63, 3.8) is 0 Å². The number of rotatable bonds is 5. The summed E-state index contributed by atoms with van der Waals surface area (Å²) in [5.74, 6) is -0.993. The molecule has 3 rings (SSSR count). The largest absolute Gasteiger partial charge is 0.462 e. The number of carbonyl (C=O) groups is 2. The van der Waals surface area contributed by atoms with Crippen molar-refractivity contribution in [1.29, 1.82) is 0 Å². The number of benzene rings is 1. The third kappa shape index (κ3) is 3.53. The van der Waals surface area contributed by atoms with Crippen molar-refractivity contribution in [3.05, 3.63) is 52.9 Å². The van der Waals surface area contributed by atoms with Crippen LogP contribution in [0.2, 0.25) is 0 Å². The van der Waals surface area contributed by atoms with Crippen molar-refractivity contribution in [2.45, 2.75) is 6.92 Å². The Morgan fingerprint density at radius 2 is 2.16 bits per heavy atom. The highest BCUT2D eigenvalue weighted by atomic mass is 32.1. The third-order valence-electron chi connectivity index (χ3n) is 3.33. The molecule has 0 unspecified atom stereocenters. The summed E-state index contributed by atoms with van der Waals surface area (Å²) >= 11 is 1.42.